The van der Waals surface area contributed by atoms with E-state index in [0.717, 1.165) is 23.4 Å². The minimum atomic E-state index is 0.566. The molecule has 0 unspecified atom stereocenters. The number of aromatic nitrogens is 1. The lowest BCUT2D eigenvalue weighted by Gasteiger charge is -2.26. The molecule has 0 fully saturated rings. The molecule has 0 saturated carbocycles. The molecule has 0 aliphatic heterocycles. The Labute approximate surface area is 116 Å². The van der Waals surface area contributed by atoms with Gasteiger partial charge in [-0.2, -0.15) is 0 Å². The summed E-state index contributed by atoms with van der Waals surface area (Å²) in [5, 5.41) is 0.636. The molecule has 96 valence electrons. The van der Waals surface area contributed by atoms with E-state index in [2.05, 4.69) is 39.7 Å². The van der Waals surface area contributed by atoms with Gasteiger partial charge >= 0.3 is 0 Å². The molecule has 0 atom stereocenters. The van der Waals surface area contributed by atoms with Crippen LogP contribution in [0.25, 0.3) is 0 Å². The topological polar surface area (TPSA) is 25.4 Å². The van der Waals surface area contributed by atoms with Crippen LogP contribution < -0.4 is 4.90 Å². The maximum atomic E-state index is 5.90. The molecule has 1 aromatic heterocycles. The Morgan fingerprint density at radius 2 is 2.24 bits per heavy atom. The average Bonchev–Trinajstić information content (AvgIpc) is 2.24. The fourth-order valence-corrected chi connectivity index (χ4v) is 2.46. The summed E-state index contributed by atoms with van der Waals surface area (Å²) in [7, 11) is 1.71. The summed E-state index contributed by atoms with van der Waals surface area (Å²) >= 11 is 9.40. The van der Waals surface area contributed by atoms with Gasteiger partial charge in [-0.25, -0.2) is 4.98 Å². The average molecular weight is 322 g/mol. The molecule has 0 N–H and O–H groups in total. The second-order valence-electron chi connectivity index (χ2n) is 4.29. The summed E-state index contributed by atoms with van der Waals surface area (Å²) in [4.78, 5) is 6.58. The van der Waals surface area contributed by atoms with E-state index in [-0.39, 0.29) is 0 Å². The lowest BCUT2D eigenvalue weighted by atomic mass is 10.2. The molecule has 1 heterocycles. The third-order valence-corrected chi connectivity index (χ3v) is 3.03. The van der Waals surface area contributed by atoms with Crippen molar-refractivity contribution in [2.45, 2.75) is 13.8 Å². The Bertz CT molecular complexity index is 360. The zero-order valence-electron chi connectivity index (χ0n) is 10.4. The van der Waals surface area contributed by atoms with Gasteiger partial charge in [0.15, 0.2) is 0 Å². The van der Waals surface area contributed by atoms with Crippen LogP contribution in [0.2, 0.25) is 5.02 Å². The van der Waals surface area contributed by atoms with Gasteiger partial charge in [-0.3, -0.25) is 0 Å². The quantitative estimate of drug-likeness (QED) is 0.800. The summed E-state index contributed by atoms with van der Waals surface area (Å²) in [6.07, 6.45) is 1.67. The van der Waals surface area contributed by atoms with Crippen LogP contribution in [0.3, 0.4) is 0 Å². The highest BCUT2D eigenvalue weighted by atomic mass is 79.9. The van der Waals surface area contributed by atoms with E-state index in [1.165, 1.54) is 0 Å². The molecule has 1 rings (SSSR count). The number of pyridine rings is 1. The SMILES string of the molecule is COCCN(CC(C)C)c1ncc(Cl)cc1Br. The van der Waals surface area contributed by atoms with Crippen molar-refractivity contribution in [3.63, 3.8) is 0 Å². The molecule has 0 amide bonds. The molecule has 0 saturated heterocycles. The van der Waals surface area contributed by atoms with Gasteiger partial charge in [-0.05, 0) is 27.9 Å². The van der Waals surface area contributed by atoms with Crippen LogP contribution in [0.4, 0.5) is 5.82 Å². The van der Waals surface area contributed by atoms with E-state index in [1.807, 2.05) is 6.07 Å². The van der Waals surface area contributed by atoms with Crippen molar-refractivity contribution in [3.05, 3.63) is 21.8 Å². The number of hydrogen-bond acceptors (Lipinski definition) is 3. The predicted molar refractivity (Wildman–Crippen MR) is 75.9 cm³/mol. The smallest absolute Gasteiger partial charge is 0.143 e. The summed E-state index contributed by atoms with van der Waals surface area (Å²) in [6, 6.07) is 1.87. The maximum Gasteiger partial charge on any atom is 0.143 e. The standard InChI is InChI=1S/C12H18BrClN2O/c1-9(2)8-16(4-5-17-3)12-11(13)6-10(14)7-15-12/h6-7,9H,4-5,8H2,1-3H3. The second-order valence-corrected chi connectivity index (χ2v) is 5.58. The van der Waals surface area contributed by atoms with E-state index in [4.69, 9.17) is 16.3 Å². The first-order valence-electron chi connectivity index (χ1n) is 5.59. The second kappa shape index (κ2) is 7.19. The molecular weight excluding hydrogens is 304 g/mol. The lowest BCUT2D eigenvalue weighted by molar-refractivity contribution is 0.204. The zero-order chi connectivity index (χ0) is 12.8. The number of hydrogen-bond donors (Lipinski definition) is 0. The van der Waals surface area contributed by atoms with Crippen molar-refractivity contribution in [2.75, 3.05) is 31.7 Å². The number of anilines is 1. The van der Waals surface area contributed by atoms with E-state index in [0.29, 0.717) is 17.5 Å². The Kier molecular flexibility index (Phi) is 6.23. The normalized spacial score (nSPS) is 10.9. The van der Waals surface area contributed by atoms with E-state index in [9.17, 15) is 0 Å². The van der Waals surface area contributed by atoms with Gasteiger partial charge in [-0.1, -0.05) is 25.4 Å². The monoisotopic (exact) mass is 320 g/mol. The van der Waals surface area contributed by atoms with Crippen LogP contribution in [-0.4, -0.2) is 31.8 Å². The van der Waals surface area contributed by atoms with Crippen LogP contribution in [0, 0.1) is 5.92 Å². The first-order valence-corrected chi connectivity index (χ1v) is 6.76. The molecule has 0 spiro atoms. The number of rotatable bonds is 6. The van der Waals surface area contributed by atoms with Crippen molar-refractivity contribution < 1.29 is 4.74 Å². The van der Waals surface area contributed by atoms with Crippen molar-refractivity contribution >= 4 is 33.3 Å². The van der Waals surface area contributed by atoms with Gasteiger partial charge in [0.25, 0.3) is 0 Å². The molecule has 0 aliphatic rings. The van der Waals surface area contributed by atoms with Crippen LogP contribution in [-0.2, 0) is 4.74 Å². The highest BCUT2D eigenvalue weighted by Gasteiger charge is 2.13. The summed E-state index contributed by atoms with van der Waals surface area (Å²) < 4.78 is 6.05. The number of ether oxygens (including phenoxy) is 1. The van der Waals surface area contributed by atoms with Crippen LogP contribution in [0.5, 0.6) is 0 Å². The van der Waals surface area contributed by atoms with Crippen molar-refractivity contribution in [1.29, 1.82) is 0 Å². The summed E-state index contributed by atoms with van der Waals surface area (Å²) in [5.41, 5.74) is 0. The van der Waals surface area contributed by atoms with Gasteiger partial charge in [0.2, 0.25) is 0 Å². The van der Waals surface area contributed by atoms with Crippen LogP contribution in [0.15, 0.2) is 16.7 Å². The Morgan fingerprint density at radius 3 is 2.76 bits per heavy atom. The molecule has 17 heavy (non-hydrogen) atoms. The molecule has 3 nitrogen and oxygen atoms in total. The van der Waals surface area contributed by atoms with Gasteiger partial charge in [0, 0.05) is 26.4 Å². The lowest BCUT2D eigenvalue weighted by Crippen LogP contribution is -2.31. The Hall–Kier alpha value is -0.320. The van der Waals surface area contributed by atoms with Gasteiger partial charge in [0.1, 0.15) is 5.82 Å². The van der Waals surface area contributed by atoms with Crippen molar-refractivity contribution in [3.8, 4) is 0 Å². The van der Waals surface area contributed by atoms with Crippen LogP contribution >= 0.6 is 27.5 Å². The molecule has 0 bridgehead atoms. The van der Waals surface area contributed by atoms with E-state index < -0.39 is 0 Å². The highest BCUT2D eigenvalue weighted by molar-refractivity contribution is 9.10. The van der Waals surface area contributed by atoms with Crippen molar-refractivity contribution in [2.24, 2.45) is 5.92 Å². The third kappa shape index (κ3) is 4.82. The fourth-order valence-electron chi connectivity index (χ4n) is 1.57. The molecule has 0 radical (unpaired) electrons. The van der Waals surface area contributed by atoms with Gasteiger partial charge in [-0.15, -0.1) is 0 Å². The van der Waals surface area contributed by atoms with Gasteiger partial charge in [0.05, 0.1) is 16.1 Å². The minimum Gasteiger partial charge on any atom is -0.383 e. The molecule has 1 aromatic rings. The maximum absolute atomic E-state index is 5.90. The summed E-state index contributed by atoms with van der Waals surface area (Å²) in [5.74, 6) is 1.48. The Balaban J connectivity index is 2.86. The number of nitrogens with zero attached hydrogens (tertiary/aromatic N) is 2. The minimum absolute atomic E-state index is 0.566. The first-order chi connectivity index (χ1) is 8.04. The fraction of sp³-hybridized carbons (Fsp3) is 0.583. The molecule has 0 aromatic carbocycles. The summed E-state index contributed by atoms with van der Waals surface area (Å²) in [6.45, 7) is 6.81. The zero-order valence-corrected chi connectivity index (χ0v) is 12.8. The molecule has 5 heteroatoms. The van der Waals surface area contributed by atoms with Gasteiger partial charge < -0.3 is 9.64 Å². The number of methoxy groups -OCH3 is 1. The largest absolute Gasteiger partial charge is 0.383 e. The predicted octanol–water partition coefficient (Wildman–Crippen LogP) is 3.61. The first kappa shape index (κ1) is 14.7. The highest BCUT2D eigenvalue weighted by Crippen LogP contribution is 2.26. The number of halogens is 2. The van der Waals surface area contributed by atoms with E-state index >= 15 is 0 Å². The molecular formula is C12H18BrClN2O. The molecule has 0 aliphatic carbocycles. The van der Waals surface area contributed by atoms with Crippen LogP contribution in [0.1, 0.15) is 13.8 Å². The Morgan fingerprint density at radius 1 is 1.53 bits per heavy atom. The van der Waals surface area contributed by atoms with E-state index in [1.54, 1.807) is 13.3 Å². The van der Waals surface area contributed by atoms with Crippen molar-refractivity contribution in [1.82, 2.24) is 4.98 Å². The third-order valence-electron chi connectivity index (χ3n) is 2.24.